The lowest BCUT2D eigenvalue weighted by Crippen LogP contribution is -2.36. The third-order valence-corrected chi connectivity index (χ3v) is 4.27. The highest BCUT2D eigenvalue weighted by atomic mass is 16.1. The molecule has 2 aromatic rings. The molecule has 1 aromatic carbocycles. The maximum Gasteiger partial charge on any atom is 0.214 e. The van der Waals surface area contributed by atoms with E-state index in [2.05, 4.69) is 35.5 Å². The van der Waals surface area contributed by atoms with E-state index in [1.54, 1.807) is 0 Å². The molecule has 20 heavy (non-hydrogen) atoms. The number of hydrogen-bond acceptors (Lipinski definition) is 2. The first-order valence-corrected chi connectivity index (χ1v) is 7.46. The molecule has 0 spiro atoms. The summed E-state index contributed by atoms with van der Waals surface area (Å²) in [5.41, 5.74) is 4.48. The fraction of sp³-hybridized carbons (Fsp3) is 0.500. The van der Waals surface area contributed by atoms with Crippen molar-refractivity contribution in [1.82, 2.24) is 9.55 Å². The van der Waals surface area contributed by atoms with Gasteiger partial charge in [-0.05, 0) is 43.9 Å². The summed E-state index contributed by atoms with van der Waals surface area (Å²) < 4.78 is 2.22. The van der Waals surface area contributed by atoms with Crippen LogP contribution in [-0.2, 0) is 17.8 Å². The minimum Gasteiger partial charge on any atom is -0.331 e. The van der Waals surface area contributed by atoms with Crippen molar-refractivity contribution in [3.8, 4) is 0 Å². The van der Waals surface area contributed by atoms with E-state index in [9.17, 15) is 4.79 Å². The largest absolute Gasteiger partial charge is 0.331 e. The van der Waals surface area contributed by atoms with Crippen LogP contribution in [0.15, 0.2) is 18.5 Å². The number of hydrogen-bond donors (Lipinski definition) is 0. The molecule has 0 fully saturated rings. The van der Waals surface area contributed by atoms with Gasteiger partial charge in [-0.1, -0.05) is 13.3 Å². The predicted molar refractivity (Wildman–Crippen MR) is 81.0 cm³/mol. The molecule has 0 saturated heterocycles. The van der Waals surface area contributed by atoms with Crippen LogP contribution in [0.5, 0.6) is 0 Å². The molecular weight excluding hydrogens is 250 g/mol. The van der Waals surface area contributed by atoms with Gasteiger partial charge in [0.05, 0.1) is 17.4 Å². The number of benzene rings is 1. The third kappa shape index (κ3) is 2.09. The van der Waals surface area contributed by atoms with E-state index in [1.165, 1.54) is 23.9 Å². The van der Waals surface area contributed by atoms with Crippen LogP contribution < -0.4 is 4.90 Å². The molecule has 106 valence electrons. The first kappa shape index (κ1) is 13.2. The highest BCUT2D eigenvalue weighted by molar-refractivity contribution is 5.88. The summed E-state index contributed by atoms with van der Waals surface area (Å²) in [5, 5.41) is 0. The van der Waals surface area contributed by atoms with E-state index in [-0.39, 0.29) is 6.04 Å². The molecule has 2 heterocycles. The lowest BCUT2D eigenvalue weighted by molar-refractivity contribution is -0.107. The van der Waals surface area contributed by atoms with Crippen LogP contribution in [0.1, 0.15) is 38.7 Å². The Morgan fingerprint density at radius 2 is 2.30 bits per heavy atom. The van der Waals surface area contributed by atoms with Crippen molar-refractivity contribution in [1.29, 1.82) is 0 Å². The van der Waals surface area contributed by atoms with Crippen molar-refractivity contribution in [2.24, 2.45) is 0 Å². The van der Waals surface area contributed by atoms with Crippen LogP contribution in [0.4, 0.5) is 5.69 Å². The Bertz CT molecular complexity index is 632. The fourth-order valence-electron chi connectivity index (χ4n) is 2.99. The van der Waals surface area contributed by atoms with Gasteiger partial charge in [0.25, 0.3) is 0 Å². The number of carbonyl (C=O) groups is 1. The molecule has 0 bridgehead atoms. The molecule has 1 unspecified atom stereocenters. The van der Waals surface area contributed by atoms with Gasteiger partial charge in [-0.15, -0.1) is 0 Å². The molecule has 1 atom stereocenters. The number of unbranched alkanes of at least 4 members (excludes halogenated alkanes) is 1. The first-order chi connectivity index (χ1) is 9.74. The van der Waals surface area contributed by atoms with Gasteiger partial charge in [0.15, 0.2) is 0 Å². The summed E-state index contributed by atoms with van der Waals surface area (Å²) >= 11 is 0. The minimum absolute atomic E-state index is 0.277. The summed E-state index contributed by atoms with van der Waals surface area (Å²) in [7, 11) is 0. The lowest BCUT2D eigenvalue weighted by Gasteiger charge is -2.32. The van der Waals surface area contributed by atoms with Gasteiger partial charge in [-0.25, -0.2) is 4.98 Å². The second-order valence-corrected chi connectivity index (χ2v) is 5.66. The zero-order valence-corrected chi connectivity index (χ0v) is 12.2. The van der Waals surface area contributed by atoms with Gasteiger partial charge >= 0.3 is 0 Å². The monoisotopic (exact) mass is 271 g/mol. The number of carbonyl (C=O) groups excluding carboxylic acids is 1. The first-order valence-electron chi connectivity index (χ1n) is 7.46. The topological polar surface area (TPSA) is 38.1 Å². The van der Waals surface area contributed by atoms with Crippen molar-refractivity contribution < 1.29 is 4.79 Å². The standard InChI is InChI=1S/C16H21N3O/c1-3-4-7-18-10-17-14-9-15-13(8-16(14)18)6-5-12(2)19(15)11-20/h8-12H,3-7H2,1-2H3. The fourth-order valence-corrected chi connectivity index (χ4v) is 2.99. The quantitative estimate of drug-likeness (QED) is 0.801. The molecule has 1 aliphatic heterocycles. The molecule has 4 heteroatoms. The Morgan fingerprint density at radius 1 is 1.45 bits per heavy atom. The highest BCUT2D eigenvalue weighted by Gasteiger charge is 2.23. The highest BCUT2D eigenvalue weighted by Crippen LogP contribution is 2.33. The van der Waals surface area contributed by atoms with Crippen LogP contribution in [0.25, 0.3) is 11.0 Å². The van der Waals surface area contributed by atoms with E-state index >= 15 is 0 Å². The number of aryl methyl sites for hydroxylation is 2. The van der Waals surface area contributed by atoms with Crippen LogP contribution in [0, 0.1) is 0 Å². The summed E-state index contributed by atoms with van der Waals surface area (Å²) in [6, 6.07) is 4.56. The van der Waals surface area contributed by atoms with E-state index in [4.69, 9.17) is 0 Å². The van der Waals surface area contributed by atoms with Crippen molar-refractivity contribution >= 4 is 23.1 Å². The number of anilines is 1. The van der Waals surface area contributed by atoms with Crippen molar-refractivity contribution in [3.05, 3.63) is 24.0 Å². The lowest BCUT2D eigenvalue weighted by atomic mass is 9.96. The second kappa shape index (κ2) is 5.27. The van der Waals surface area contributed by atoms with Gasteiger partial charge < -0.3 is 9.47 Å². The Balaban J connectivity index is 2.06. The Morgan fingerprint density at radius 3 is 3.05 bits per heavy atom. The number of imidazole rings is 1. The third-order valence-electron chi connectivity index (χ3n) is 4.27. The molecule has 1 aromatic heterocycles. The molecule has 4 nitrogen and oxygen atoms in total. The maximum absolute atomic E-state index is 11.3. The van der Waals surface area contributed by atoms with E-state index in [1.807, 2.05) is 11.2 Å². The van der Waals surface area contributed by atoms with Gasteiger partial charge in [-0.2, -0.15) is 0 Å². The van der Waals surface area contributed by atoms with Crippen LogP contribution in [-0.4, -0.2) is 22.0 Å². The summed E-state index contributed by atoms with van der Waals surface area (Å²) in [5.74, 6) is 0. The number of rotatable bonds is 4. The van der Waals surface area contributed by atoms with Crippen LogP contribution >= 0.6 is 0 Å². The summed E-state index contributed by atoms with van der Waals surface area (Å²) in [6.45, 7) is 5.31. The van der Waals surface area contributed by atoms with Crippen molar-refractivity contribution in [2.45, 2.75) is 52.1 Å². The smallest absolute Gasteiger partial charge is 0.214 e. The average molecular weight is 271 g/mol. The molecule has 3 rings (SSSR count). The number of aromatic nitrogens is 2. The van der Waals surface area contributed by atoms with Crippen LogP contribution in [0.2, 0.25) is 0 Å². The Hall–Kier alpha value is -1.84. The van der Waals surface area contributed by atoms with Crippen molar-refractivity contribution in [2.75, 3.05) is 4.90 Å². The summed E-state index contributed by atoms with van der Waals surface area (Å²) in [6.07, 6.45) is 7.28. The molecule has 0 radical (unpaired) electrons. The Labute approximate surface area is 119 Å². The van der Waals surface area contributed by atoms with E-state index in [0.717, 1.165) is 37.0 Å². The van der Waals surface area contributed by atoms with Crippen LogP contribution in [0.3, 0.4) is 0 Å². The number of nitrogens with zero attached hydrogens (tertiary/aromatic N) is 3. The molecule has 0 saturated carbocycles. The molecule has 1 aliphatic rings. The zero-order valence-electron chi connectivity index (χ0n) is 12.2. The average Bonchev–Trinajstić information content (AvgIpc) is 2.85. The van der Waals surface area contributed by atoms with Gasteiger partial charge in [0.1, 0.15) is 0 Å². The Kier molecular flexibility index (Phi) is 3.47. The van der Waals surface area contributed by atoms with Gasteiger partial charge in [-0.3, -0.25) is 4.79 Å². The predicted octanol–water partition coefficient (Wildman–Crippen LogP) is 3.13. The number of amides is 1. The van der Waals surface area contributed by atoms with E-state index < -0.39 is 0 Å². The molecule has 0 aliphatic carbocycles. The number of fused-ring (bicyclic) bond motifs is 2. The van der Waals surface area contributed by atoms with Crippen molar-refractivity contribution in [3.63, 3.8) is 0 Å². The van der Waals surface area contributed by atoms with Gasteiger partial charge in [0.2, 0.25) is 6.41 Å². The molecular formula is C16H21N3O. The normalized spacial score (nSPS) is 18.3. The molecule has 0 N–H and O–H groups in total. The van der Waals surface area contributed by atoms with Gasteiger partial charge in [0, 0.05) is 18.3 Å². The SMILES string of the molecule is CCCCn1cnc2cc3c(cc21)CCC(C)N3C=O. The zero-order chi connectivity index (χ0) is 14.1. The maximum atomic E-state index is 11.3. The summed E-state index contributed by atoms with van der Waals surface area (Å²) in [4.78, 5) is 17.6. The second-order valence-electron chi connectivity index (χ2n) is 5.66. The molecule has 1 amide bonds. The van der Waals surface area contributed by atoms with E-state index in [0.29, 0.717) is 0 Å². The minimum atomic E-state index is 0.277.